The van der Waals surface area contributed by atoms with Crippen molar-refractivity contribution in [2.45, 2.75) is 64.8 Å². The number of guanidine groups is 1. The molecule has 2 aliphatic rings. The lowest BCUT2D eigenvalue weighted by Gasteiger charge is -2.26. The molecule has 0 bridgehead atoms. The minimum Gasteiger partial charge on any atom is -0.357 e. The number of nitrogens with zero attached hydrogens (tertiary/aromatic N) is 2. The van der Waals surface area contributed by atoms with Gasteiger partial charge in [-0.25, -0.2) is 0 Å². The highest BCUT2D eigenvalue weighted by Gasteiger charge is 2.31. The third-order valence-corrected chi connectivity index (χ3v) is 5.89. The predicted octanol–water partition coefficient (Wildman–Crippen LogP) is 3.89. The van der Waals surface area contributed by atoms with Crippen LogP contribution in [0.3, 0.4) is 0 Å². The van der Waals surface area contributed by atoms with Gasteiger partial charge in [-0.1, -0.05) is 49.1 Å². The molecule has 2 N–H and O–H groups in total. The molecule has 1 amide bonds. The summed E-state index contributed by atoms with van der Waals surface area (Å²) in [4.78, 5) is 19.6. The van der Waals surface area contributed by atoms with E-state index >= 15 is 0 Å². The normalized spacial score (nSPS) is 20.3. The van der Waals surface area contributed by atoms with E-state index in [2.05, 4.69) is 53.6 Å². The van der Waals surface area contributed by atoms with Gasteiger partial charge < -0.3 is 15.5 Å². The van der Waals surface area contributed by atoms with Crippen LogP contribution in [0.5, 0.6) is 0 Å². The van der Waals surface area contributed by atoms with Crippen molar-refractivity contribution < 1.29 is 4.79 Å². The fourth-order valence-corrected chi connectivity index (χ4v) is 4.36. The minimum absolute atomic E-state index is 0. The Morgan fingerprint density at radius 1 is 1.21 bits per heavy atom. The molecule has 1 heterocycles. The van der Waals surface area contributed by atoms with Crippen LogP contribution in [-0.4, -0.2) is 49.0 Å². The van der Waals surface area contributed by atoms with Crippen molar-refractivity contribution in [3.8, 4) is 0 Å². The number of nitrogens with one attached hydrogen (secondary N) is 2. The predicted molar refractivity (Wildman–Crippen MR) is 131 cm³/mol. The van der Waals surface area contributed by atoms with Crippen molar-refractivity contribution in [1.29, 1.82) is 0 Å². The molecule has 1 aromatic carbocycles. The monoisotopic (exact) mass is 512 g/mol. The number of likely N-dealkylation sites (tertiary alicyclic amines) is 1. The molecule has 29 heavy (non-hydrogen) atoms. The zero-order valence-corrected chi connectivity index (χ0v) is 20.3. The fourth-order valence-electron chi connectivity index (χ4n) is 4.36. The molecule has 1 saturated carbocycles. The van der Waals surface area contributed by atoms with E-state index in [4.69, 9.17) is 4.99 Å². The van der Waals surface area contributed by atoms with Gasteiger partial charge in [-0.2, -0.15) is 0 Å². The molecule has 1 aliphatic heterocycles. The van der Waals surface area contributed by atoms with Crippen molar-refractivity contribution in [1.82, 2.24) is 15.5 Å². The highest BCUT2D eigenvalue weighted by molar-refractivity contribution is 14.0. The molecule has 3 rings (SSSR count). The third-order valence-electron chi connectivity index (χ3n) is 5.89. The molecule has 0 aromatic heterocycles. The molecular formula is C23H37IN4O. The Morgan fingerprint density at radius 2 is 2.00 bits per heavy atom. The molecule has 1 aromatic rings. The van der Waals surface area contributed by atoms with Gasteiger partial charge in [0.1, 0.15) is 0 Å². The Balaban J connectivity index is 0.00000300. The van der Waals surface area contributed by atoms with Crippen LogP contribution in [0.1, 0.15) is 56.6 Å². The second-order valence-corrected chi connectivity index (χ2v) is 8.25. The Bertz CT molecular complexity index is 673. The lowest BCUT2D eigenvalue weighted by molar-refractivity contribution is -0.135. The zero-order valence-electron chi connectivity index (χ0n) is 18.0. The Labute approximate surface area is 193 Å². The summed E-state index contributed by atoms with van der Waals surface area (Å²) in [5, 5.41) is 6.90. The van der Waals surface area contributed by atoms with Gasteiger partial charge in [0.15, 0.2) is 5.96 Å². The van der Waals surface area contributed by atoms with Gasteiger partial charge in [-0.05, 0) is 45.1 Å². The van der Waals surface area contributed by atoms with Crippen LogP contribution in [0.25, 0.3) is 0 Å². The molecule has 0 radical (unpaired) electrons. The Kier molecular flexibility index (Phi) is 10.2. The van der Waals surface area contributed by atoms with Crippen molar-refractivity contribution in [3.05, 3.63) is 35.4 Å². The van der Waals surface area contributed by atoms with Crippen molar-refractivity contribution in [3.63, 3.8) is 0 Å². The van der Waals surface area contributed by atoms with Crippen LogP contribution < -0.4 is 10.6 Å². The van der Waals surface area contributed by atoms with Gasteiger partial charge in [-0.15, -0.1) is 24.0 Å². The molecule has 0 spiro atoms. The summed E-state index contributed by atoms with van der Waals surface area (Å²) in [5.41, 5.74) is 2.62. The van der Waals surface area contributed by atoms with E-state index in [1.165, 1.54) is 30.4 Å². The summed E-state index contributed by atoms with van der Waals surface area (Å²) in [5.74, 6) is 1.52. The highest BCUT2D eigenvalue weighted by Crippen LogP contribution is 2.26. The number of amides is 1. The smallest absolute Gasteiger partial charge is 0.225 e. The average molecular weight is 512 g/mol. The van der Waals surface area contributed by atoms with Crippen molar-refractivity contribution in [2.24, 2.45) is 10.9 Å². The van der Waals surface area contributed by atoms with E-state index in [0.29, 0.717) is 11.9 Å². The SMILES string of the molecule is CCNC(=NCCc1cccc(C)c1)NC1CCN(C(=O)C2CCCCC2)C1.I. The standard InChI is InChI=1S/C23H36N4O.HI/c1-3-24-23(25-14-12-19-9-7-8-18(2)16-19)26-21-13-15-27(17-21)22(28)20-10-5-4-6-11-20;/h7-9,16,20-21H,3-6,10-15,17H2,1-2H3,(H2,24,25,26);1H. The quantitative estimate of drug-likeness (QED) is 0.346. The van der Waals surface area contributed by atoms with Crippen LogP contribution in [0, 0.1) is 12.8 Å². The number of halogens is 1. The molecule has 6 heteroatoms. The maximum Gasteiger partial charge on any atom is 0.225 e. The molecule has 1 aliphatic carbocycles. The number of aryl methyl sites for hydroxylation is 1. The van der Waals surface area contributed by atoms with Crippen LogP contribution in [0.2, 0.25) is 0 Å². The first-order chi connectivity index (χ1) is 13.7. The van der Waals surface area contributed by atoms with Crippen LogP contribution >= 0.6 is 24.0 Å². The summed E-state index contributed by atoms with van der Waals surface area (Å²) >= 11 is 0. The molecule has 5 nitrogen and oxygen atoms in total. The van der Waals surface area contributed by atoms with Crippen molar-refractivity contribution >= 4 is 35.8 Å². The number of hydrogen-bond donors (Lipinski definition) is 2. The van der Waals surface area contributed by atoms with Gasteiger partial charge >= 0.3 is 0 Å². The molecule has 2 fully saturated rings. The van der Waals surface area contributed by atoms with Crippen LogP contribution in [0.15, 0.2) is 29.3 Å². The fraction of sp³-hybridized carbons (Fsp3) is 0.652. The first kappa shape index (κ1) is 24.0. The maximum atomic E-state index is 12.8. The molecule has 1 atom stereocenters. The number of carbonyl (C=O) groups excluding carboxylic acids is 1. The average Bonchev–Trinajstić information content (AvgIpc) is 3.17. The van der Waals surface area contributed by atoms with Crippen LogP contribution in [-0.2, 0) is 11.2 Å². The van der Waals surface area contributed by atoms with E-state index in [9.17, 15) is 4.79 Å². The first-order valence-electron chi connectivity index (χ1n) is 11.0. The zero-order chi connectivity index (χ0) is 19.8. The van der Waals surface area contributed by atoms with E-state index < -0.39 is 0 Å². The molecule has 1 saturated heterocycles. The summed E-state index contributed by atoms with van der Waals surface area (Å²) in [6.07, 6.45) is 7.82. The highest BCUT2D eigenvalue weighted by atomic mass is 127. The summed E-state index contributed by atoms with van der Waals surface area (Å²) in [6, 6.07) is 8.91. The van der Waals surface area contributed by atoms with E-state index in [1.807, 2.05) is 0 Å². The Morgan fingerprint density at radius 3 is 2.72 bits per heavy atom. The van der Waals surface area contributed by atoms with Gasteiger partial charge in [0.2, 0.25) is 5.91 Å². The number of hydrogen-bond acceptors (Lipinski definition) is 2. The lowest BCUT2D eigenvalue weighted by atomic mass is 9.88. The molecular weight excluding hydrogens is 475 g/mol. The summed E-state index contributed by atoms with van der Waals surface area (Å²) in [7, 11) is 0. The van der Waals surface area contributed by atoms with Gasteiger partial charge in [0, 0.05) is 38.1 Å². The second kappa shape index (κ2) is 12.4. The Hall–Kier alpha value is -1.31. The number of benzene rings is 1. The first-order valence-corrected chi connectivity index (χ1v) is 11.0. The van der Waals surface area contributed by atoms with Crippen molar-refractivity contribution in [2.75, 3.05) is 26.2 Å². The van der Waals surface area contributed by atoms with Gasteiger partial charge in [-0.3, -0.25) is 9.79 Å². The lowest BCUT2D eigenvalue weighted by Crippen LogP contribution is -2.45. The third kappa shape index (κ3) is 7.46. The maximum absolute atomic E-state index is 12.8. The van der Waals surface area contributed by atoms with E-state index in [0.717, 1.165) is 57.8 Å². The van der Waals surface area contributed by atoms with E-state index in [-0.39, 0.29) is 29.9 Å². The second-order valence-electron chi connectivity index (χ2n) is 8.25. The van der Waals surface area contributed by atoms with E-state index in [1.54, 1.807) is 0 Å². The number of carbonyl (C=O) groups is 1. The molecule has 162 valence electrons. The molecule has 1 unspecified atom stereocenters. The summed E-state index contributed by atoms with van der Waals surface area (Å²) < 4.78 is 0. The summed E-state index contributed by atoms with van der Waals surface area (Å²) in [6.45, 7) is 7.49. The topological polar surface area (TPSA) is 56.7 Å². The van der Waals surface area contributed by atoms with Gasteiger partial charge in [0.25, 0.3) is 0 Å². The minimum atomic E-state index is 0. The van der Waals surface area contributed by atoms with Crippen LogP contribution in [0.4, 0.5) is 0 Å². The largest absolute Gasteiger partial charge is 0.357 e. The number of rotatable bonds is 6. The number of aliphatic imine (C=N–C) groups is 1. The van der Waals surface area contributed by atoms with Gasteiger partial charge in [0.05, 0.1) is 0 Å².